The standard InChI is InChI=1S/C22H21N7O.C13H14ClN5O/c23-20-6-5-16(13-25-20)19-12-21(28-22(27-19)29-7-9-30-10-8-29)26-17-11-15-3-1-2-4-18(15)24-14-17;14-11-7-10(9-1-2-12(15)16-8-9)17-13(18-11)19-3-5-20-6-4-19/h1-6,11-14H,7-10H2,(H2,23,25)(H,26,27,28);1-2,7-8H,3-6H2,(H2,15,16). The Bertz CT molecular complexity index is 2060. The molecule has 2 saturated heterocycles. The Balaban J connectivity index is 0.000000170. The fraction of sp³-hybridized carbons (Fsp3) is 0.229. The molecule has 50 heavy (non-hydrogen) atoms. The van der Waals surface area contributed by atoms with Gasteiger partial charge in [-0.25, -0.2) is 24.9 Å². The summed E-state index contributed by atoms with van der Waals surface area (Å²) in [5, 5.41) is 4.85. The van der Waals surface area contributed by atoms with Crippen LogP contribution in [0.4, 0.5) is 35.0 Å². The van der Waals surface area contributed by atoms with Crippen LogP contribution in [0.2, 0.25) is 5.15 Å². The van der Waals surface area contributed by atoms with Gasteiger partial charge in [-0.3, -0.25) is 4.98 Å². The highest BCUT2D eigenvalue weighted by Crippen LogP contribution is 2.27. The third-order valence-electron chi connectivity index (χ3n) is 8.01. The number of hydrogen-bond acceptors (Lipinski definition) is 14. The van der Waals surface area contributed by atoms with Crippen molar-refractivity contribution in [2.45, 2.75) is 0 Å². The van der Waals surface area contributed by atoms with Crippen molar-refractivity contribution in [2.24, 2.45) is 0 Å². The molecule has 7 heterocycles. The molecule has 0 atom stereocenters. The number of nitrogens with two attached hydrogens (primary N) is 2. The lowest BCUT2D eigenvalue weighted by Gasteiger charge is -2.27. The monoisotopic (exact) mass is 690 g/mol. The number of nitrogen functional groups attached to an aromatic ring is 2. The first-order valence-electron chi connectivity index (χ1n) is 16.1. The van der Waals surface area contributed by atoms with E-state index in [0.717, 1.165) is 65.3 Å². The first-order valence-corrected chi connectivity index (χ1v) is 16.5. The minimum Gasteiger partial charge on any atom is -0.384 e. The summed E-state index contributed by atoms with van der Waals surface area (Å²) in [5.74, 6) is 2.91. The molecule has 0 amide bonds. The first-order chi connectivity index (χ1) is 24.5. The fourth-order valence-corrected chi connectivity index (χ4v) is 5.59. The summed E-state index contributed by atoms with van der Waals surface area (Å²) in [6.45, 7) is 5.70. The molecular weight excluding hydrogens is 656 g/mol. The molecule has 0 aliphatic carbocycles. The SMILES string of the molecule is Nc1ccc(-c2cc(Cl)nc(N3CCOCC3)n2)cn1.Nc1ccc(-c2cc(Nc3cnc4ccccc4c3)nc(N3CCOCC3)n2)cn1. The number of aromatic nitrogens is 7. The van der Waals surface area contributed by atoms with E-state index in [1.54, 1.807) is 30.6 Å². The molecule has 0 saturated carbocycles. The normalized spacial score (nSPS) is 14.6. The van der Waals surface area contributed by atoms with Gasteiger partial charge in [0.1, 0.15) is 22.6 Å². The van der Waals surface area contributed by atoms with Crippen molar-refractivity contribution < 1.29 is 9.47 Å². The topological polar surface area (TPSA) is 179 Å². The summed E-state index contributed by atoms with van der Waals surface area (Å²) >= 11 is 6.10. The molecule has 2 aliphatic rings. The van der Waals surface area contributed by atoms with E-state index in [2.05, 4.69) is 46.1 Å². The number of hydrogen-bond donors (Lipinski definition) is 3. The van der Waals surface area contributed by atoms with E-state index in [9.17, 15) is 0 Å². The maximum atomic E-state index is 6.10. The number of fused-ring (bicyclic) bond motifs is 1. The number of nitrogens with zero attached hydrogens (tertiary/aromatic N) is 9. The Morgan fingerprint density at radius 2 is 1.20 bits per heavy atom. The van der Waals surface area contributed by atoms with Gasteiger partial charge in [-0.2, -0.15) is 4.98 Å². The highest BCUT2D eigenvalue weighted by Gasteiger charge is 2.18. The predicted octanol–water partition coefficient (Wildman–Crippen LogP) is 4.86. The molecule has 5 aromatic heterocycles. The van der Waals surface area contributed by atoms with Gasteiger partial charge < -0.3 is 36.1 Å². The molecule has 15 heteroatoms. The molecule has 6 aromatic rings. The maximum Gasteiger partial charge on any atom is 0.228 e. The molecule has 0 spiro atoms. The third kappa shape index (κ3) is 8.11. The number of anilines is 6. The molecule has 1 aromatic carbocycles. The van der Waals surface area contributed by atoms with Crippen molar-refractivity contribution in [3.05, 3.63) is 90.5 Å². The van der Waals surface area contributed by atoms with Crippen LogP contribution < -0.4 is 26.6 Å². The third-order valence-corrected chi connectivity index (χ3v) is 8.21. The van der Waals surface area contributed by atoms with Gasteiger partial charge in [0, 0.05) is 67.2 Å². The Hall–Kier alpha value is -5.70. The van der Waals surface area contributed by atoms with Crippen molar-refractivity contribution in [2.75, 3.05) is 79.2 Å². The summed E-state index contributed by atoms with van der Waals surface area (Å²) < 4.78 is 10.8. The van der Waals surface area contributed by atoms with Crippen LogP contribution in [0.3, 0.4) is 0 Å². The van der Waals surface area contributed by atoms with Gasteiger partial charge in [-0.15, -0.1) is 0 Å². The van der Waals surface area contributed by atoms with Gasteiger partial charge in [0.2, 0.25) is 11.9 Å². The van der Waals surface area contributed by atoms with Gasteiger partial charge in [-0.1, -0.05) is 29.8 Å². The predicted molar refractivity (Wildman–Crippen MR) is 195 cm³/mol. The number of benzene rings is 1. The van der Waals surface area contributed by atoms with Crippen LogP contribution in [-0.2, 0) is 9.47 Å². The molecule has 0 radical (unpaired) electrons. The molecule has 2 fully saturated rings. The number of pyridine rings is 3. The van der Waals surface area contributed by atoms with Crippen LogP contribution >= 0.6 is 11.6 Å². The largest absolute Gasteiger partial charge is 0.384 e. The van der Waals surface area contributed by atoms with E-state index >= 15 is 0 Å². The fourth-order valence-electron chi connectivity index (χ4n) is 5.41. The van der Waals surface area contributed by atoms with Crippen molar-refractivity contribution in [1.29, 1.82) is 0 Å². The minimum atomic E-state index is 0.410. The molecule has 0 bridgehead atoms. The zero-order valence-corrected chi connectivity index (χ0v) is 27.9. The van der Waals surface area contributed by atoms with Crippen molar-refractivity contribution in [1.82, 2.24) is 34.9 Å². The van der Waals surface area contributed by atoms with Crippen LogP contribution in [0, 0.1) is 0 Å². The number of ether oxygens (including phenoxy) is 2. The van der Waals surface area contributed by atoms with E-state index in [4.69, 9.17) is 42.5 Å². The molecule has 2 aliphatic heterocycles. The molecule has 8 rings (SSSR count). The summed E-state index contributed by atoms with van der Waals surface area (Å²) in [6, 6.07) is 21.0. The number of nitrogens with one attached hydrogen (secondary N) is 1. The van der Waals surface area contributed by atoms with E-state index < -0.39 is 0 Å². The first kappa shape index (κ1) is 32.8. The lowest BCUT2D eigenvalue weighted by molar-refractivity contribution is 0.122. The highest BCUT2D eigenvalue weighted by atomic mass is 35.5. The Morgan fingerprint density at radius 1 is 0.620 bits per heavy atom. The Kier molecular flexibility index (Phi) is 10.0. The van der Waals surface area contributed by atoms with Gasteiger partial charge in [-0.05, 0) is 36.4 Å². The summed E-state index contributed by atoms with van der Waals surface area (Å²) in [7, 11) is 0. The van der Waals surface area contributed by atoms with Gasteiger partial charge in [0.25, 0.3) is 0 Å². The lowest BCUT2D eigenvalue weighted by atomic mass is 10.2. The Labute approximate surface area is 293 Å². The van der Waals surface area contributed by atoms with Crippen molar-refractivity contribution in [3.63, 3.8) is 0 Å². The number of morpholine rings is 2. The quantitative estimate of drug-likeness (QED) is 0.202. The van der Waals surface area contributed by atoms with Gasteiger partial charge >= 0.3 is 0 Å². The minimum absolute atomic E-state index is 0.410. The average Bonchev–Trinajstić information content (AvgIpc) is 3.16. The van der Waals surface area contributed by atoms with Crippen LogP contribution in [-0.4, -0.2) is 87.5 Å². The summed E-state index contributed by atoms with van der Waals surface area (Å²) in [5.41, 5.74) is 16.4. The zero-order chi connectivity index (χ0) is 34.3. The van der Waals surface area contributed by atoms with Gasteiger partial charge in [0.05, 0.1) is 55.2 Å². The second kappa shape index (κ2) is 15.2. The van der Waals surface area contributed by atoms with E-state index in [1.807, 2.05) is 48.7 Å². The number of para-hydroxylation sites is 1. The molecule has 5 N–H and O–H groups in total. The molecule has 14 nitrogen and oxygen atoms in total. The maximum absolute atomic E-state index is 6.10. The number of halogens is 1. The second-order valence-electron chi connectivity index (χ2n) is 11.5. The summed E-state index contributed by atoms with van der Waals surface area (Å²) in [6.07, 6.45) is 5.21. The van der Waals surface area contributed by atoms with Crippen molar-refractivity contribution in [3.8, 4) is 22.5 Å². The zero-order valence-electron chi connectivity index (χ0n) is 27.1. The lowest BCUT2D eigenvalue weighted by Crippen LogP contribution is -2.37. The number of rotatable bonds is 6. The van der Waals surface area contributed by atoms with Crippen LogP contribution in [0.15, 0.2) is 85.3 Å². The summed E-state index contributed by atoms with van der Waals surface area (Å²) in [4.78, 5) is 35.3. The van der Waals surface area contributed by atoms with Crippen LogP contribution in [0.5, 0.6) is 0 Å². The van der Waals surface area contributed by atoms with E-state index in [1.165, 1.54) is 0 Å². The van der Waals surface area contributed by atoms with Crippen LogP contribution in [0.1, 0.15) is 0 Å². The van der Waals surface area contributed by atoms with Crippen molar-refractivity contribution >= 4 is 57.5 Å². The smallest absolute Gasteiger partial charge is 0.228 e. The van der Waals surface area contributed by atoms with Crippen LogP contribution in [0.25, 0.3) is 33.4 Å². The molecule has 254 valence electrons. The van der Waals surface area contributed by atoms with E-state index in [0.29, 0.717) is 60.9 Å². The van der Waals surface area contributed by atoms with Gasteiger partial charge in [0.15, 0.2) is 0 Å². The molecule has 0 unspecified atom stereocenters. The van der Waals surface area contributed by atoms with E-state index in [-0.39, 0.29) is 0 Å². The molecular formula is C35H35ClN12O2. The second-order valence-corrected chi connectivity index (χ2v) is 11.9. The Morgan fingerprint density at radius 3 is 1.80 bits per heavy atom. The highest BCUT2D eigenvalue weighted by molar-refractivity contribution is 6.29. The average molecular weight is 691 g/mol.